The number of hydrogen-bond donors (Lipinski definition) is 0. The second-order valence-electron chi connectivity index (χ2n) is 5.19. The molecule has 1 saturated heterocycles. The SMILES string of the molecule is COc1ccc(Cl)c(Cl)c1[C@H]1C[C@H]2CC=CC(=O)N2C1. The highest BCUT2D eigenvalue weighted by atomic mass is 35.5. The lowest BCUT2D eigenvalue weighted by Gasteiger charge is -2.25. The maximum Gasteiger partial charge on any atom is 0.246 e. The number of hydrogen-bond acceptors (Lipinski definition) is 2. The lowest BCUT2D eigenvalue weighted by atomic mass is 9.94. The molecule has 1 amide bonds. The number of carbonyl (C=O) groups is 1. The fourth-order valence-electron chi connectivity index (χ4n) is 3.15. The number of benzene rings is 1. The average Bonchev–Trinajstić information content (AvgIpc) is 2.86. The standard InChI is InChI=1S/C15H15Cl2NO2/c1-20-12-6-5-11(16)15(17)14(12)9-7-10-3-2-4-13(19)18(10)8-9/h2,4-6,9-10H,3,7-8H2,1H3/t9-,10+/m0/s1. The Morgan fingerprint density at radius 2 is 2.15 bits per heavy atom. The second kappa shape index (κ2) is 5.30. The van der Waals surface area contributed by atoms with Crippen LogP contribution in [0.5, 0.6) is 5.75 Å². The van der Waals surface area contributed by atoms with Gasteiger partial charge in [0.25, 0.3) is 0 Å². The fraction of sp³-hybridized carbons (Fsp3) is 0.400. The van der Waals surface area contributed by atoms with E-state index in [0.717, 1.165) is 24.2 Å². The lowest BCUT2D eigenvalue weighted by molar-refractivity contribution is -0.127. The van der Waals surface area contributed by atoms with Gasteiger partial charge in [0.15, 0.2) is 0 Å². The summed E-state index contributed by atoms with van der Waals surface area (Å²) < 4.78 is 5.41. The molecule has 2 aliphatic rings. The van der Waals surface area contributed by atoms with E-state index in [4.69, 9.17) is 27.9 Å². The smallest absolute Gasteiger partial charge is 0.246 e. The Morgan fingerprint density at radius 1 is 1.35 bits per heavy atom. The van der Waals surface area contributed by atoms with Gasteiger partial charge in [-0.3, -0.25) is 4.79 Å². The minimum absolute atomic E-state index is 0.0841. The summed E-state index contributed by atoms with van der Waals surface area (Å²) in [5, 5.41) is 1.06. The van der Waals surface area contributed by atoms with E-state index in [2.05, 4.69) is 0 Å². The van der Waals surface area contributed by atoms with Crippen molar-refractivity contribution in [2.45, 2.75) is 24.8 Å². The monoisotopic (exact) mass is 311 g/mol. The van der Waals surface area contributed by atoms with Gasteiger partial charge in [0, 0.05) is 24.1 Å². The van der Waals surface area contributed by atoms with E-state index in [1.54, 1.807) is 19.3 Å². The van der Waals surface area contributed by atoms with E-state index in [1.807, 2.05) is 17.0 Å². The summed E-state index contributed by atoms with van der Waals surface area (Å²) in [5.74, 6) is 0.996. The summed E-state index contributed by atoms with van der Waals surface area (Å²) in [6.07, 6.45) is 5.40. The molecule has 0 aromatic heterocycles. The number of nitrogens with zero attached hydrogens (tertiary/aromatic N) is 1. The molecule has 1 aromatic carbocycles. The van der Waals surface area contributed by atoms with Gasteiger partial charge in [-0.15, -0.1) is 0 Å². The molecule has 0 bridgehead atoms. The van der Waals surface area contributed by atoms with Gasteiger partial charge in [0.05, 0.1) is 17.2 Å². The second-order valence-corrected chi connectivity index (χ2v) is 5.98. The predicted molar refractivity (Wildman–Crippen MR) is 79.6 cm³/mol. The molecule has 0 spiro atoms. The summed E-state index contributed by atoms with van der Waals surface area (Å²) in [6, 6.07) is 3.83. The zero-order valence-corrected chi connectivity index (χ0v) is 12.6. The summed E-state index contributed by atoms with van der Waals surface area (Å²) in [7, 11) is 1.62. The van der Waals surface area contributed by atoms with Crippen molar-refractivity contribution in [3.8, 4) is 5.75 Å². The first-order chi connectivity index (χ1) is 9.61. The molecule has 0 saturated carbocycles. The molecule has 0 radical (unpaired) electrons. The Bertz CT molecular complexity index is 585. The van der Waals surface area contributed by atoms with Crippen LogP contribution in [0.15, 0.2) is 24.3 Å². The van der Waals surface area contributed by atoms with Gasteiger partial charge >= 0.3 is 0 Å². The van der Waals surface area contributed by atoms with Crippen molar-refractivity contribution in [3.05, 3.63) is 39.9 Å². The third-order valence-corrected chi connectivity index (χ3v) is 4.91. The molecule has 0 N–H and O–H groups in total. The Balaban J connectivity index is 1.96. The van der Waals surface area contributed by atoms with Crippen LogP contribution >= 0.6 is 23.2 Å². The van der Waals surface area contributed by atoms with Crippen LogP contribution in [0, 0.1) is 0 Å². The van der Waals surface area contributed by atoms with Crippen LogP contribution in [-0.4, -0.2) is 30.5 Å². The normalized spacial score (nSPS) is 24.9. The van der Waals surface area contributed by atoms with E-state index < -0.39 is 0 Å². The molecule has 1 fully saturated rings. The molecule has 106 valence electrons. The van der Waals surface area contributed by atoms with Crippen LogP contribution < -0.4 is 4.74 Å². The zero-order chi connectivity index (χ0) is 14.3. The molecule has 3 nitrogen and oxygen atoms in total. The van der Waals surface area contributed by atoms with Crippen LogP contribution in [0.25, 0.3) is 0 Å². The van der Waals surface area contributed by atoms with Crippen molar-refractivity contribution in [2.75, 3.05) is 13.7 Å². The minimum atomic E-state index is 0.0841. The minimum Gasteiger partial charge on any atom is -0.496 e. The Hall–Kier alpha value is -1.19. The van der Waals surface area contributed by atoms with Gasteiger partial charge in [-0.25, -0.2) is 0 Å². The van der Waals surface area contributed by atoms with Crippen LogP contribution in [0.4, 0.5) is 0 Å². The van der Waals surface area contributed by atoms with E-state index >= 15 is 0 Å². The number of fused-ring (bicyclic) bond motifs is 1. The summed E-state index contributed by atoms with van der Waals surface area (Å²) in [4.78, 5) is 13.8. The van der Waals surface area contributed by atoms with Gasteiger partial charge in [-0.2, -0.15) is 0 Å². The number of amides is 1. The zero-order valence-electron chi connectivity index (χ0n) is 11.1. The lowest BCUT2D eigenvalue weighted by Crippen LogP contribution is -2.36. The number of halogens is 2. The predicted octanol–water partition coefficient (Wildman–Crippen LogP) is 3.65. The van der Waals surface area contributed by atoms with Crippen molar-refractivity contribution >= 4 is 29.1 Å². The van der Waals surface area contributed by atoms with Crippen molar-refractivity contribution in [3.63, 3.8) is 0 Å². The van der Waals surface area contributed by atoms with Gasteiger partial charge < -0.3 is 9.64 Å². The molecule has 0 aliphatic carbocycles. The number of ether oxygens (including phenoxy) is 1. The van der Waals surface area contributed by atoms with Crippen LogP contribution in [0.1, 0.15) is 24.3 Å². The van der Waals surface area contributed by atoms with E-state index in [9.17, 15) is 4.79 Å². The van der Waals surface area contributed by atoms with E-state index in [-0.39, 0.29) is 17.9 Å². The van der Waals surface area contributed by atoms with Gasteiger partial charge in [0.1, 0.15) is 5.75 Å². The van der Waals surface area contributed by atoms with Crippen LogP contribution in [0.3, 0.4) is 0 Å². The average molecular weight is 312 g/mol. The van der Waals surface area contributed by atoms with Crippen molar-refractivity contribution in [1.82, 2.24) is 4.90 Å². The molecule has 3 rings (SSSR count). The molecule has 2 aliphatic heterocycles. The molecule has 2 atom stereocenters. The highest BCUT2D eigenvalue weighted by Crippen LogP contribution is 2.44. The number of methoxy groups -OCH3 is 1. The number of rotatable bonds is 2. The molecular formula is C15H15Cl2NO2. The third kappa shape index (κ3) is 2.19. The highest BCUT2D eigenvalue weighted by Gasteiger charge is 2.38. The molecule has 0 unspecified atom stereocenters. The van der Waals surface area contributed by atoms with E-state index in [1.165, 1.54) is 0 Å². The first kappa shape index (κ1) is 13.8. The van der Waals surface area contributed by atoms with Crippen LogP contribution in [-0.2, 0) is 4.79 Å². The molecule has 5 heteroatoms. The summed E-state index contributed by atoms with van der Waals surface area (Å²) >= 11 is 12.5. The molecule has 2 heterocycles. The van der Waals surface area contributed by atoms with Crippen molar-refractivity contribution in [1.29, 1.82) is 0 Å². The third-order valence-electron chi connectivity index (χ3n) is 4.09. The van der Waals surface area contributed by atoms with E-state index in [0.29, 0.717) is 16.6 Å². The molecule has 1 aromatic rings. The molecule has 20 heavy (non-hydrogen) atoms. The summed E-state index contributed by atoms with van der Waals surface area (Å²) in [5.41, 5.74) is 0.920. The quantitative estimate of drug-likeness (QED) is 0.834. The first-order valence-electron chi connectivity index (χ1n) is 6.61. The first-order valence-corrected chi connectivity index (χ1v) is 7.36. The largest absolute Gasteiger partial charge is 0.496 e. The topological polar surface area (TPSA) is 29.5 Å². The summed E-state index contributed by atoms with van der Waals surface area (Å²) in [6.45, 7) is 0.671. The maximum absolute atomic E-state index is 11.9. The van der Waals surface area contributed by atoms with Crippen molar-refractivity contribution in [2.24, 2.45) is 0 Å². The molecular weight excluding hydrogens is 297 g/mol. The Kier molecular flexibility index (Phi) is 3.65. The van der Waals surface area contributed by atoms with Gasteiger partial charge in [-0.05, 0) is 31.1 Å². The fourth-order valence-corrected chi connectivity index (χ4v) is 3.62. The Labute approximate surface area is 128 Å². The van der Waals surface area contributed by atoms with Crippen molar-refractivity contribution < 1.29 is 9.53 Å². The highest BCUT2D eigenvalue weighted by molar-refractivity contribution is 6.42. The van der Waals surface area contributed by atoms with Gasteiger partial charge in [-0.1, -0.05) is 29.3 Å². The maximum atomic E-state index is 11.9. The van der Waals surface area contributed by atoms with Crippen LogP contribution in [0.2, 0.25) is 10.0 Å². The Morgan fingerprint density at radius 3 is 2.85 bits per heavy atom. The van der Waals surface area contributed by atoms with Gasteiger partial charge in [0.2, 0.25) is 5.91 Å². The number of carbonyl (C=O) groups excluding carboxylic acids is 1.